The van der Waals surface area contributed by atoms with Gasteiger partial charge in [-0.2, -0.15) is 5.10 Å². The van der Waals surface area contributed by atoms with Crippen LogP contribution in [0, 0.1) is 0 Å². The van der Waals surface area contributed by atoms with Crippen LogP contribution in [-0.4, -0.2) is 9.78 Å². The summed E-state index contributed by atoms with van der Waals surface area (Å²) in [5.41, 5.74) is 3.44. The Balaban J connectivity index is 1.45. The summed E-state index contributed by atoms with van der Waals surface area (Å²) in [5, 5.41) is 4.73. The smallest absolute Gasteiger partial charge is 0.266 e. The van der Waals surface area contributed by atoms with Crippen LogP contribution in [0.1, 0.15) is 43.7 Å². The summed E-state index contributed by atoms with van der Waals surface area (Å²) in [5.74, 6) is 0.753. The number of hydrogen-bond donors (Lipinski definition) is 0. The molecule has 0 amide bonds. The number of hydrogen-bond acceptors (Lipinski definition) is 3. The fourth-order valence-electron chi connectivity index (χ4n) is 3.70. The highest BCUT2D eigenvalue weighted by Crippen LogP contribution is 2.30. The van der Waals surface area contributed by atoms with Crippen LogP contribution in [0.3, 0.4) is 0 Å². The Hall–Kier alpha value is -2.04. The van der Waals surface area contributed by atoms with Crippen LogP contribution < -0.4 is 5.56 Å². The lowest BCUT2D eigenvalue weighted by molar-refractivity contribution is 0.317. The fraction of sp³-hybridized carbons (Fsp3) is 0.304. The van der Waals surface area contributed by atoms with Gasteiger partial charge in [-0.1, -0.05) is 85.5 Å². The number of benzene rings is 2. The maximum absolute atomic E-state index is 12.7. The van der Waals surface area contributed by atoms with Gasteiger partial charge in [-0.05, 0) is 29.5 Å². The third-order valence-electron chi connectivity index (χ3n) is 5.29. The minimum atomic E-state index is -0.155. The lowest BCUT2D eigenvalue weighted by Crippen LogP contribution is -2.29. The number of aromatic nitrogens is 2. The van der Waals surface area contributed by atoms with E-state index >= 15 is 0 Å². The molecule has 0 radical (unpaired) electrons. The van der Waals surface area contributed by atoms with Gasteiger partial charge in [0.1, 0.15) is 5.02 Å². The van der Waals surface area contributed by atoms with Crippen molar-refractivity contribution in [2.45, 2.75) is 48.8 Å². The minimum absolute atomic E-state index is 0.155. The molecule has 1 saturated carbocycles. The van der Waals surface area contributed by atoms with Gasteiger partial charge in [0.15, 0.2) is 0 Å². The van der Waals surface area contributed by atoms with E-state index in [0.717, 1.165) is 36.3 Å². The van der Waals surface area contributed by atoms with Gasteiger partial charge in [0, 0.05) is 5.75 Å². The summed E-state index contributed by atoms with van der Waals surface area (Å²) in [6.45, 7) is 0. The van der Waals surface area contributed by atoms with E-state index in [-0.39, 0.29) is 11.6 Å². The summed E-state index contributed by atoms with van der Waals surface area (Å²) in [4.78, 5) is 13.4. The van der Waals surface area contributed by atoms with Gasteiger partial charge in [0.2, 0.25) is 0 Å². The standard InChI is InChI=1S/C23H23ClN2OS/c24-22-21(15-25-26(23(22)27)20-9-5-2-6-10-20)28-16-17-11-13-19(14-12-17)18-7-3-1-4-8-18/h1,3-4,7-8,11-15,20H,2,5-6,9-10,16H2. The molecule has 144 valence electrons. The zero-order chi connectivity index (χ0) is 19.3. The second kappa shape index (κ2) is 8.97. The number of rotatable bonds is 5. The molecule has 1 heterocycles. The first kappa shape index (κ1) is 19.3. The zero-order valence-electron chi connectivity index (χ0n) is 15.7. The molecular formula is C23H23ClN2OS. The molecule has 0 atom stereocenters. The molecule has 4 rings (SSSR count). The molecule has 5 heteroatoms. The normalized spacial score (nSPS) is 14.9. The van der Waals surface area contributed by atoms with Gasteiger partial charge in [-0.3, -0.25) is 4.79 Å². The molecule has 1 aliphatic carbocycles. The van der Waals surface area contributed by atoms with Crippen molar-refractivity contribution in [3.63, 3.8) is 0 Å². The Bertz CT molecular complexity index is 980. The van der Waals surface area contributed by atoms with E-state index in [1.54, 1.807) is 22.6 Å². The zero-order valence-corrected chi connectivity index (χ0v) is 17.3. The van der Waals surface area contributed by atoms with E-state index in [2.05, 4.69) is 41.5 Å². The third kappa shape index (κ3) is 4.34. The third-order valence-corrected chi connectivity index (χ3v) is 6.86. The van der Waals surface area contributed by atoms with Gasteiger partial charge < -0.3 is 0 Å². The molecule has 0 bridgehead atoms. The van der Waals surface area contributed by atoms with Gasteiger partial charge in [-0.25, -0.2) is 4.68 Å². The van der Waals surface area contributed by atoms with E-state index in [4.69, 9.17) is 11.6 Å². The second-order valence-corrected chi connectivity index (χ2v) is 8.61. The van der Waals surface area contributed by atoms with Crippen molar-refractivity contribution < 1.29 is 0 Å². The van der Waals surface area contributed by atoms with Crippen molar-refractivity contribution in [2.24, 2.45) is 0 Å². The Labute approximate surface area is 174 Å². The topological polar surface area (TPSA) is 34.9 Å². The molecule has 28 heavy (non-hydrogen) atoms. The van der Waals surface area contributed by atoms with Crippen molar-refractivity contribution in [3.05, 3.63) is 81.7 Å². The van der Waals surface area contributed by atoms with Crippen LogP contribution in [0.25, 0.3) is 11.1 Å². The average molecular weight is 411 g/mol. The van der Waals surface area contributed by atoms with Gasteiger partial charge >= 0.3 is 0 Å². The van der Waals surface area contributed by atoms with Crippen LogP contribution in [0.15, 0.2) is 70.5 Å². The molecule has 0 spiro atoms. The molecular weight excluding hydrogens is 388 g/mol. The highest BCUT2D eigenvalue weighted by Gasteiger charge is 2.19. The average Bonchev–Trinajstić information content (AvgIpc) is 2.76. The van der Waals surface area contributed by atoms with E-state index in [9.17, 15) is 4.79 Å². The Kier molecular flexibility index (Phi) is 6.18. The van der Waals surface area contributed by atoms with E-state index in [0.29, 0.717) is 5.02 Å². The largest absolute Gasteiger partial charge is 0.286 e. The molecule has 1 aromatic heterocycles. The van der Waals surface area contributed by atoms with Crippen molar-refractivity contribution >= 4 is 23.4 Å². The lowest BCUT2D eigenvalue weighted by atomic mass is 9.96. The van der Waals surface area contributed by atoms with Crippen molar-refractivity contribution in [1.29, 1.82) is 0 Å². The first-order valence-electron chi connectivity index (χ1n) is 9.77. The molecule has 1 aliphatic rings. The summed E-state index contributed by atoms with van der Waals surface area (Å²) in [7, 11) is 0. The maximum atomic E-state index is 12.7. The molecule has 0 unspecified atom stereocenters. The highest BCUT2D eigenvalue weighted by molar-refractivity contribution is 7.98. The van der Waals surface area contributed by atoms with E-state index < -0.39 is 0 Å². The predicted molar refractivity (Wildman–Crippen MR) is 117 cm³/mol. The summed E-state index contributed by atoms with van der Waals surface area (Å²) in [6.07, 6.45) is 7.35. The summed E-state index contributed by atoms with van der Waals surface area (Å²) in [6, 6.07) is 19.0. The molecule has 3 nitrogen and oxygen atoms in total. The quantitative estimate of drug-likeness (QED) is 0.459. The monoisotopic (exact) mass is 410 g/mol. The van der Waals surface area contributed by atoms with Crippen LogP contribution >= 0.6 is 23.4 Å². The van der Waals surface area contributed by atoms with E-state index in [1.807, 2.05) is 18.2 Å². The van der Waals surface area contributed by atoms with Crippen LogP contribution in [-0.2, 0) is 5.75 Å². The minimum Gasteiger partial charge on any atom is -0.266 e. The maximum Gasteiger partial charge on any atom is 0.286 e. The molecule has 1 fully saturated rings. The molecule has 0 N–H and O–H groups in total. The van der Waals surface area contributed by atoms with Crippen LogP contribution in [0.2, 0.25) is 5.02 Å². The van der Waals surface area contributed by atoms with Crippen molar-refractivity contribution in [3.8, 4) is 11.1 Å². The van der Waals surface area contributed by atoms with Gasteiger partial charge in [0.05, 0.1) is 17.1 Å². The summed E-state index contributed by atoms with van der Waals surface area (Å²) < 4.78 is 1.60. The first-order chi connectivity index (χ1) is 13.7. The van der Waals surface area contributed by atoms with Crippen molar-refractivity contribution in [1.82, 2.24) is 9.78 Å². The second-order valence-electron chi connectivity index (χ2n) is 7.22. The Morgan fingerprint density at radius 2 is 1.64 bits per heavy atom. The molecule has 3 aromatic rings. The first-order valence-corrected chi connectivity index (χ1v) is 11.1. The van der Waals surface area contributed by atoms with Gasteiger partial charge in [0.25, 0.3) is 5.56 Å². The van der Waals surface area contributed by atoms with Gasteiger partial charge in [-0.15, -0.1) is 11.8 Å². The number of nitrogens with zero attached hydrogens (tertiary/aromatic N) is 2. The number of halogens is 1. The predicted octanol–water partition coefficient (Wildman–Crippen LogP) is 6.36. The molecule has 0 saturated heterocycles. The Morgan fingerprint density at radius 1 is 0.964 bits per heavy atom. The van der Waals surface area contributed by atoms with Crippen LogP contribution in [0.4, 0.5) is 0 Å². The van der Waals surface area contributed by atoms with Crippen LogP contribution in [0.5, 0.6) is 0 Å². The summed E-state index contributed by atoms with van der Waals surface area (Å²) >= 11 is 7.96. The van der Waals surface area contributed by atoms with Crippen molar-refractivity contribution in [2.75, 3.05) is 0 Å². The molecule has 2 aromatic carbocycles. The van der Waals surface area contributed by atoms with E-state index in [1.165, 1.54) is 23.1 Å². The SMILES string of the molecule is O=c1c(Cl)c(SCc2ccc(-c3ccccc3)cc2)cnn1C1CCCCC1. The molecule has 0 aliphatic heterocycles. The Morgan fingerprint density at radius 3 is 2.36 bits per heavy atom. The highest BCUT2D eigenvalue weighted by atomic mass is 35.5. The number of thioether (sulfide) groups is 1. The fourth-order valence-corrected chi connectivity index (χ4v) is 4.85. The lowest BCUT2D eigenvalue weighted by Gasteiger charge is -2.23.